The summed E-state index contributed by atoms with van der Waals surface area (Å²) >= 11 is 0. The van der Waals surface area contributed by atoms with Gasteiger partial charge in [0.25, 0.3) is 6.47 Å². The summed E-state index contributed by atoms with van der Waals surface area (Å²) in [7, 11) is 0. The van der Waals surface area contributed by atoms with Crippen LogP contribution in [-0.2, 0) is 32.0 Å². The van der Waals surface area contributed by atoms with Crippen molar-refractivity contribution in [3.8, 4) is 0 Å². The third-order valence-electron chi connectivity index (χ3n) is 11.9. The summed E-state index contributed by atoms with van der Waals surface area (Å²) in [4.78, 5) is 53.2. The van der Waals surface area contributed by atoms with E-state index in [0.29, 0.717) is 69.9 Å². The van der Waals surface area contributed by atoms with Gasteiger partial charge in [0.05, 0.1) is 11.8 Å². The molecular weight excluding hydrogens is 861 g/mol. The Morgan fingerprint density at radius 1 is 0.719 bits per heavy atom. The van der Waals surface area contributed by atoms with Crippen molar-refractivity contribution < 1.29 is 64.1 Å². The van der Waals surface area contributed by atoms with Crippen molar-refractivity contribution in [1.82, 2.24) is 24.9 Å². The van der Waals surface area contributed by atoms with Gasteiger partial charge in [0, 0.05) is 63.2 Å². The molecule has 0 bridgehead atoms. The molecule has 4 fully saturated rings. The molecule has 2 aromatic rings. The van der Waals surface area contributed by atoms with Crippen molar-refractivity contribution in [1.29, 1.82) is 0 Å². The number of benzene rings is 2. The van der Waals surface area contributed by atoms with Crippen LogP contribution in [0, 0.1) is 23.5 Å². The van der Waals surface area contributed by atoms with E-state index in [9.17, 15) is 49.5 Å². The average Bonchev–Trinajstić information content (AvgIpc) is 3.15. The number of carbonyl (C=O) groups excluding carboxylic acids is 3. The summed E-state index contributed by atoms with van der Waals surface area (Å²) in [6.45, 7) is 8.43. The first-order chi connectivity index (χ1) is 30.0. The SMILES string of the molecule is CC(C)(C)OC(=O)N[C@@H](CC(=O)N1CC(N2CCC(C(F)(F)F)CC2)C1)Cc1ccccc1F.N[C@@H](CC(=O)N1CC(N2CCC(C(F)(F)F)CC2)C1)Cc1ccccc1F.O=CO. The van der Waals surface area contributed by atoms with Crippen molar-refractivity contribution in [2.24, 2.45) is 17.6 Å². The molecule has 0 spiro atoms. The van der Waals surface area contributed by atoms with Gasteiger partial charge in [-0.05, 0) is 109 Å². The number of alkyl carbamates (subject to hydrolysis) is 1. The third-order valence-corrected chi connectivity index (χ3v) is 11.9. The minimum absolute atomic E-state index is 0.0313. The molecule has 64 heavy (non-hydrogen) atoms. The van der Waals surface area contributed by atoms with Gasteiger partial charge in [-0.3, -0.25) is 24.2 Å². The summed E-state index contributed by atoms with van der Waals surface area (Å²) in [5.41, 5.74) is 6.15. The van der Waals surface area contributed by atoms with Crippen LogP contribution in [0.15, 0.2) is 48.5 Å². The van der Waals surface area contributed by atoms with Crippen molar-refractivity contribution in [2.45, 2.75) is 114 Å². The number of piperidine rings is 2. The average molecular weight is 921 g/mol. The van der Waals surface area contributed by atoms with E-state index >= 15 is 0 Å². The topological polar surface area (TPSA) is 149 Å². The van der Waals surface area contributed by atoms with Crippen molar-refractivity contribution >= 4 is 24.4 Å². The van der Waals surface area contributed by atoms with E-state index in [-0.39, 0.29) is 81.1 Å². The molecule has 4 saturated heterocycles. The summed E-state index contributed by atoms with van der Waals surface area (Å²) in [6.07, 6.45) is -8.01. The van der Waals surface area contributed by atoms with E-state index in [1.54, 1.807) is 67.0 Å². The highest BCUT2D eigenvalue weighted by molar-refractivity contribution is 5.79. The van der Waals surface area contributed by atoms with E-state index in [4.69, 9.17) is 20.4 Å². The van der Waals surface area contributed by atoms with E-state index < -0.39 is 53.8 Å². The Balaban J connectivity index is 0.000000270. The van der Waals surface area contributed by atoms with Gasteiger partial charge in [0.15, 0.2) is 0 Å². The van der Waals surface area contributed by atoms with Gasteiger partial charge in [-0.25, -0.2) is 13.6 Å². The number of halogens is 8. The van der Waals surface area contributed by atoms with Crippen LogP contribution in [0.1, 0.15) is 70.4 Å². The lowest BCUT2D eigenvalue weighted by Crippen LogP contribution is -2.63. The van der Waals surface area contributed by atoms with Gasteiger partial charge in [-0.15, -0.1) is 0 Å². The second kappa shape index (κ2) is 23.1. The predicted octanol–water partition coefficient (Wildman–Crippen LogP) is 6.41. The van der Waals surface area contributed by atoms with Crippen LogP contribution in [0.3, 0.4) is 0 Å². The first-order valence-corrected chi connectivity index (χ1v) is 21.4. The zero-order valence-corrected chi connectivity index (χ0v) is 36.4. The lowest BCUT2D eigenvalue weighted by molar-refractivity contribution is -0.188. The minimum atomic E-state index is -4.15. The van der Waals surface area contributed by atoms with Gasteiger partial charge in [0.1, 0.15) is 17.2 Å². The highest BCUT2D eigenvalue weighted by Crippen LogP contribution is 2.36. The van der Waals surface area contributed by atoms with Crippen LogP contribution in [0.4, 0.5) is 39.9 Å². The smallest absolute Gasteiger partial charge is 0.407 e. The molecule has 0 aliphatic carbocycles. The van der Waals surface area contributed by atoms with E-state index in [1.165, 1.54) is 12.1 Å². The number of carbonyl (C=O) groups is 4. The maximum atomic E-state index is 14.2. The normalized spacial score (nSPS) is 19.4. The fraction of sp³-hybridized carbons (Fsp3) is 0.636. The van der Waals surface area contributed by atoms with E-state index in [0.717, 1.165) is 0 Å². The fourth-order valence-corrected chi connectivity index (χ4v) is 8.25. The monoisotopic (exact) mass is 920 g/mol. The van der Waals surface area contributed by atoms with Gasteiger partial charge in [-0.2, -0.15) is 26.3 Å². The molecular formula is C44H60F8N6O6. The highest BCUT2D eigenvalue weighted by Gasteiger charge is 2.45. The molecule has 0 unspecified atom stereocenters. The maximum absolute atomic E-state index is 14.2. The first-order valence-electron chi connectivity index (χ1n) is 21.4. The molecule has 0 aromatic heterocycles. The molecule has 6 rings (SSSR count). The van der Waals surface area contributed by atoms with Crippen LogP contribution in [-0.4, -0.2) is 144 Å². The number of nitrogens with zero attached hydrogens (tertiary/aromatic N) is 4. The summed E-state index contributed by atoms with van der Waals surface area (Å²) < 4.78 is 110. The van der Waals surface area contributed by atoms with Crippen LogP contribution < -0.4 is 11.1 Å². The number of hydrogen-bond acceptors (Lipinski definition) is 8. The van der Waals surface area contributed by atoms with Crippen LogP contribution in [0.5, 0.6) is 0 Å². The Morgan fingerprint density at radius 3 is 1.47 bits per heavy atom. The minimum Gasteiger partial charge on any atom is -0.483 e. The number of carboxylic acid groups (broad SMARTS) is 1. The third kappa shape index (κ3) is 16.2. The maximum Gasteiger partial charge on any atom is 0.407 e. The molecule has 0 saturated carbocycles. The van der Waals surface area contributed by atoms with Crippen LogP contribution in [0.2, 0.25) is 0 Å². The zero-order chi connectivity index (χ0) is 47.4. The quantitative estimate of drug-likeness (QED) is 0.172. The van der Waals surface area contributed by atoms with Crippen molar-refractivity contribution in [2.75, 3.05) is 52.4 Å². The molecule has 2 aromatic carbocycles. The molecule has 358 valence electrons. The van der Waals surface area contributed by atoms with Crippen LogP contribution >= 0.6 is 0 Å². The number of amides is 3. The molecule has 3 amide bonds. The van der Waals surface area contributed by atoms with Gasteiger partial charge < -0.3 is 30.7 Å². The lowest BCUT2D eigenvalue weighted by atomic mass is 9.93. The van der Waals surface area contributed by atoms with Crippen LogP contribution in [0.25, 0.3) is 0 Å². The summed E-state index contributed by atoms with van der Waals surface area (Å²) in [5, 5.41) is 9.57. The Morgan fingerprint density at radius 2 is 1.09 bits per heavy atom. The predicted molar refractivity (Wildman–Crippen MR) is 221 cm³/mol. The summed E-state index contributed by atoms with van der Waals surface area (Å²) in [6, 6.07) is 11.6. The number of alkyl halides is 6. The number of nitrogens with two attached hydrogens (primary N) is 1. The largest absolute Gasteiger partial charge is 0.483 e. The summed E-state index contributed by atoms with van der Waals surface area (Å²) in [5.74, 6) is -3.48. The Hall–Kier alpha value is -4.56. The fourth-order valence-electron chi connectivity index (χ4n) is 8.25. The second-order valence-electron chi connectivity index (χ2n) is 17.8. The number of likely N-dealkylation sites (tertiary alicyclic amines) is 4. The number of ether oxygens (including phenoxy) is 1. The van der Waals surface area contributed by atoms with Crippen molar-refractivity contribution in [3.63, 3.8) is 0 Å². The Bertz CT molecular complexity index is 1820. The second-order valence-corrected chi connectivity index (χ2v) is 17.8. The van der Waals surface area contributed by atoms with E-state index in [1.807, 2.05) is 9.80 Å². The Labute approximate surface area is 368 Å². The standard InChI is InChI=1S/C24H33F4N3O3.C19H25F4N3O.CH2O2/c1-23(2,3)34-22(33)29-18(12-16-6-4-5-7-20(16)25)13-21(32)31-14-19(15-31)30-10-8-17(9-11-30)24(26,27)28;20-17-4-2-1-3-13(17)9-15(24)10-18(27)26-11-16(12-26)25-7-5-14(6-8-25)19(21,22)23;2-1-3/h4-7,17-19H,8-15H2,1-3H3,(H,29,33);1-4,14-16H,5-12,24H2;1H,(H,2,3)/t18-;15-;/m11./s1. The van der Waals surface area contributed by atoms with Gasteiger partial charge in [-0.1, -0.05) is 36.4 Å². The molecule has 4 aliphatic heterocycles. The number of hydrogen-bond donors (Lipinski definition) is 3. The molecule has 4 N–H and O–H groups in total. The highest BCUT2D eigenvalue weighted by atomic mass is 19.4. The molecule has 12 nitrogen and oxygen atoms in total. The molecule has 2 atom stereocenters. The first kappa shape index (κ1) is 52.1. The van der Waals surface area contributed by atoms with E-state index in [2.05, 4.69) is 5.32 Å². The van der Waals surface area contributed by atoms with Gasteiger partial charge >= 0.3 is 18.4 Å². The lowest BCUT2D eigenvalue weighted by Gasteiger charge is -2.48. The number of rotatable bonds is 11. The van der Waals surface area contributed by atoms with Gasteiger partial charge in [0.2, 0.25) is 11.8 Å². The molecule has 4 heterocycles. The Kier molecular flexibility index (Phi) is 18.8. The molecule has 20 heteroatoms. The molecule has 0 radical (unpaired) electrons. The number of nitrogens with one attached hydrogen (secondary N) is 1. The zero-order valence-electron chi connectivity index (χ0n) is 36.4. The molecule has 4 aliphatic rings. The van der Waals surface area contributed by atoms with Crippen molar-refractivity contribution in [3.05, 3.63) is 71.3 Å².